The maximum absolute atomic E-state index is 12.6. The summed E-state index contributed by atoms with van der Waals surface area (Å²) in [5.41, 5.74) is 2.84. The molecule has 0 saturated carbocycles. The number of carboxylic acid groups (broad SMARTS) is 1. The van der Waals surface area contributed by atoms with Crippen LogP contribution in [0.15, 0.2) is 5.16 Å². The summed E-state index contributed by atoms with van der Waals surface area (Å²) in [7, 11) is 0. The summed E-state index contributed by atoms with van der Waals surface area (Å²) in [6, 6.07) is -0.203. The van der Waals surface area contributed by atoms with E-state index in [9.17, 15) is 9.59 Å². The lowest BCUT2D eigenvalue weighted by Gasteiger charge is -2.34. The van der Waals surface area contributed by atoms with Gasteiger partial charge in [0.15, 0.2) is 5.16 Å². The van der Waals surface area contributed by atoms with Gasteiger partial charge in [-0.15, -0.1) is 0 Å². The van der Waals surface area contributed by atoms with Gasteiger partial charge in [0.05, 0.1) is 12.5 Å². The highest BCUT2D eigenvalue weighted by Gasteiger charge is 2.28. The van der Waals surface area contributed by atoms with Gasteiger partial charge in [0.1, 0.15) is 0 Å². The predicted octanol–water partition coefficient (Wildman–Crippen LogP) is 2.17. The van der Waals surface area contributed by atoms with Crippen LogP contribution in [0.3, 0.4) is 0 Å². The van der Waals surface area contributed by atoms with Gasteiger partial charge in [-0.1, -0.05) is 11.8 Å². The standard InChI is InChI=1S/C16H23N3O3S2/c1-10-13(11(2)18-16(17-10)23-3)4-5-14(20)19-6-7-24-9-12(19)8-15(21)22/h12H,4-9H2,1-3H3,(H,21,22). The second kappa shape index (κ2) is 8.71. The molecule has 132 valence electrons. The van der Waals surface area contributed by atoms with Crippen LogP contribution in [0.2, 0.25) is 0 Å². The number of carbonyl (C=O) groups excluding carboxylic acids is 1. The van der Waals surface area contributed by atoms with Crippen LogP contribution >= 0.6 is 23.5 Å². The summed E-state index contributed by atoms with van der Waals surface area (Å²) in [4.78, 5) is 34.2. The van der Waals surface area contributed by atoms with E-state index < -0.39 is 5.97 Å². The van der Waals surface area contributed by atoms with Crippen molar-refractivity contribution < 1.29 is 14.7 Å². The number of nitrogens with zero attached hydrogens (tertiary/aromatic N) is 3. The van der Waals surface area contributed by atoms with E-state index >= 15 is 0 Å². The Morgan fingerprint density at radius 3 is 2.58 bits per heavy atom. The Hall–Kier alpha value is -1.28. The minimum absolute atomic E-state index is 0.0162. The number of aromatic nitrogens is 2. The molecule has 1 saturated heterocycles. The zero-order chi connectivity index (χ0) is 17.7. The summed E-state index contributed by atoms with van der Waals surface area (Å²) in [6.07, 6.45) is 2.91. The molecule has 0 spiro atoms. The van der Waals surface area contributed by atoms with Crippen molar-refractivity contribution in [2.24, 2.45) is 0 Å². The molecule has 0 aliphatic carbocycles. The number of rotatable bonds is 6. The highest BCUT2D eigenvalue weighted by atomic mass is 32.2. The fraction of sp³-hybridized carbons (Fsp3) is 0.625. The molecule has 0 radical (unpaired) electrons. The molecule has 1 aliphatic rings. The Labute approximate surface area is 150 Å². The van der Waals surface area contributed by atoms with Gasteiger partial charge in [0.25, 0.3) is 0 Å². The molecule has 1 unspecified atom stereocenters. The fourth-order valence-corrected chi connectivity index (χ4v) is 4.41. The molecule has 24 heavy (non-hydrogen) atoms. The molecule has 0 aromatic carbocycles. The van der Waals surface area contributed by atoms with Gasteiger partial charge in [-0.05, 0) is 32.1 Å². The van der Waals surface area contributed by atoms with E-state index in [0.29, 0.717) is 25.1 Å². The molecular formula is C16H23N3O3S2. The molecule has 2 rings (SSSR count). The van der Waals surface area contributed by atoms with Gasteiger partial charge in [-0.2, -0.15) is 11.8 Å². The lowest BCUT2D eigenvalue weighted by atomic mass is 10.1. The summed E-state index contributed by atoms with van der Waals surface area (Å²) < 4.78 is 0. The quantitative estimate of drug-likeness (QED) is 0.608. The topological polar surface area (TPSA) is 83.4 Å². The normalized spacial score (nSPS) is 17.8. The van der Waals surface area contributed by atoms with Gasteiger partial charge in [-0.3, -0.25) is 9.59 Å². The van der Waals surface area contributed by atoms with Crippen LogP contribution in [-0.2, 0) is 16.0 Å². The highest BCUT2D eigenvalue weighted by Crippen LogP contribution is 2.22. The highest BCUT2D eigenvalue weighted by molar-refractivity contribution is 7.99. The van der Waals surface area contributed by atoms with Crippen molar-refractivity contribution in [2.75, 3.05) is 24.3 Å². The van der Waals surface area contributed by atoms with Crippen LogP contribution in [0.5, 0.6) is 0 Å². The van der Waals surface area contributed by atoms with E-state index in [-0.39, 0.29) is 18.4 Å². The molecule has 1 amide bonds. The number of thioether (sulfide) groups is 2. The second-order valence-electron chi connectivity index (χ2n) is 5.77. The van der Waals surface area contributed by atoms with E-state index in [0.717, 1.165) is 27.9 Å². The van der Waals surface area contributed by atoms with Crippen molar-refractivity contribution in [3.05, 3.63) is 17.0 Å². The SMILES string of the molecule is CSc1nc(C)c(CCC(=O)N2CCSCC2CC(=O)O)c(C)n1. The second-order valence-corrected chi connectivity index (χ2v) is 7.70. The molecular weight excluding hydrogens is 346 g/mol. The number of aliphatic carboxylic acids is 1. The molecule has 6 nitrogen and oxygen atoms in total. The van der Waals surface area contributed by atoms with Crippen LogP contribution in [0, 0.1) is 13.8 Å². The molecule has 8 heteroatoms. The van der Waals surface area contributed by atoms with Crippen molar-refractivity contribution in [1.29, 1.82) is 0 Å². The Morgan fingerprint density at radius 1 is 1.33 bits per heavy atom. The van der Waals surface area contributed by atoms with Gasteiger partial charge >= 0.3 is 5.97 Å². The van der Waals surface area contributed by atoms with Gasteiger partial charge < -0.3 is 10.0 Å². The predicted molar refractivity (Wildman–Crippen MR) is 96.7 cm³/mol. The van der Waals surface area contributed by atoms with Crippen molar-refractivity contribution in [1.82, 2.24) is 14.9 Å². The summed E-state index contributed by atoms with van der Waals surface area (Å²) in [5.74, 6) is 0.731. The number of carboxylic acids is 1. The molecule has 1 aromatic heterocycles. The molecule has 1 atom stereocenters. The molecule has 1 aliphatic heterocycles. The van der Waals surface area contributed by atoms with Crippen LogP contribution in [0.25, 0.3) is 0 Å². The van der Waals surface area contributed by atoms with Crippen LogP contribution < -0.4 is 0 Å². The maximum atomic E-state index is 12.6. The third kappa shape index (κ3) is 4.86. The van der Waals surface area contributed by atoms with Crippen LogP contribution in [0.4, 0.5) is 0 Å². The van der Waals surface area contributed by atoms with Gasteiger partial charge in [-0.25, -0.2) is 9.97 Å². The third-order valence-corrected chi connectivity index (χ3v) is 5.77. The first-order valence-corrected chi connectivity index (χ1v) is 10.3. The first-order valence-electron chi connectivity index (χ1n) is 7.89. The van der Waals surface area contributed by atoms with E-state index in [1.807, 2.05) is 20.1 Å². The maximum Gasteiger partial charge on any atom is 0.305 e. The largest absolute Gasteiger partial charge is 0.481 e. The Bertz CT molecular complexity index is 602. The van der Waals surface area contributed by atoms with Gasteiger partial charge in [0, 0.05) is 35.9 Å². The fourth-order valence-electron chi connectivity index (χ4n) is 2.89. The van der Waals surface area contributed by atoms with Crippen LogP contribution in [0.1, 0.15) is 29.8 Å². The van der Waals surface area contributed by atoms with Crippen molar-refractivity contribution in [3.63, 3.8) is 0 Å². The van der Waals surface area contributed by atoms with E-state index in [1.54, 1.807) is 16.7 Å². The van der Waals surface area contributed by atoms with Crippen molar-refractivity contribution >= 4 is 35.4 Å². The average Bonchev–Trinajstić information content (AvgIpc) is 2.53. The number of aryl methyl sites for hydroxylation is 2. The lowest BCUT2D eigenvalue weighted by molar-refractivity contribution is -0.140. The summed E-state index contributed by atoms with van der Waals surface area (Å²) in [5, 5.41) is 9.77. The molecule has 1 fully saturated rings. The van der Waals surface area contributed by atoms with E-state index in [1.165, 1.54) is 11.8 Å². The van der Waals surface area contributed by atoms with E-state index in [4.69, 9.17) is 5.11 Å². The minimum Gasteiger partial charge on any atom is -0.481 e. The Balaban J connectivity index is 2.03. The van der Waals surface area contributed by atoms with Gasteiger partial charge in [0.2, 0.25) is 5.91 Å². The molecule has 2 heterocycles. The zero-order valence-electron chi connectivity index (χ0n) is 14.2. The third-order valence-electron chi connectivity index (χ3n) is 4.13. The molecule has 1 aromatic rings. The van der Waals surface area contributed by atoms with E-state index in [2.05, 4.69) is 9.97 Å². The van der Waals surface area contributed by atoms with Crippen molar-refractivity contribution in [3.8, 4) is 0 Å². The lowest BCUT2D eigenvalue weighted by Crippen LogP contribution is -2.47. The first kappa shape index (κ1) is 19.1. The Kier molecular flexibility index (Phi) is 6.91. The number of hydrogen-bond acceptors (Lipinski definition) is 6. The smallest absolute Gasteiger partial charge is 0.305 e. The van der Waals surface area contributed by atoms with Crippen molar-refractivity contribution in [2.45, 2.75) is 44.3 Å². The number of hydrogen-bond donors (Lipinski definition) is 1. The zero-order valence-corrected chi connectivity index (χ0v) is 15.9. The molecule has 1 N–H and O–H groups in total. The summed E-state index contributed by atoms with van der Waals surface area (Å²) >= 11 is 3.21. The number of carbonyl (C=O) groups is 2. The average molecular weight is 370 g/mol. The Morgan fingerprint density at radius 2 is 2.00 bits per heavy atom. The minimum atomic E-state index is -0.854. The monoisotopic (exact) mass is 369 g/mol. The summed E-state index contributed by atoms with van der Waals surface area (Å²) in [6.45, 7) is 4.51. The first-order chi connectivity index (χ1) is 11.4. The number of amides is 1. The molecule has 0 bridgehead atoms. The van der Waals surface area contributed by atoms with Crippen LogP contribution in [-0.4, -0.2) is 62.2 Å².